The van der Waals surface area contributed by atoms with Crippen molar-refractivity contribution in [2.75, 3.05) is 0 Å². The zero-order valence-corrected chi connectivity index (χ0v) is 14.8. The fourth-order valence-electron chi connectivity index (χ4n) is 3.12. The number of benzene rings is 2. The van der Waals surface area contributed by atoms with Gasteiger partial charge in [-0.25, -0.2) is 9.98 Å². The summed E-state index contributed by atoms with van der Waals surface area (Å²) in [5.74, 6) is 0.232. The normalized spacial score (nSPS) is 16.4. The number of imidazole rings is 1. The summed E-state index contributed by atoms with van der Waals surface area (Å²) < 4.78 is 41.5. The Morgan fingerprint density at radius 1 is 1.11 bits per heavy atom. The Balaban J connectivity index is 2.05. The highest BCUT2D eigenvalue weighted by atomic mass is 35.5. The van der Waals surface area contributed by atoms with Gasteiger partial charge in [-0.1, -0.05) is 29.8 Å². The molecule has 0 fully saturated rings. The molecule has 0 spiro atoms. The quantitative estimate of drug-likeness (QED) is 0.654. The highest BCUT2D eigenvalue weighted by Crippen LogP contribution is 2.36. The van der Waals surface area contributed by atoms with Gasteiger partial charge < -0.3 is 5.11 Å². The first-order valence-electron chi connectivity index (χ1n) is 8.04. The van der Waals surface area contributed by atoms with Gasteiger partial charge in [-0.2, -0.15) is 13.2 Å². The molecule has 1 N–H and O–H groups in total. The van der Waals surface area contributed by atoms with E-state index >= 15 is 0 Å². The number of nitrogens with zero attached hydrogens (tertiary/aromatic N) is 3. The van der Waals surface area contributed by atoms with E-state index in [1.165, 1.54) is 6.07 Å². The van der Waals surface area contributed by atoms with E-state index in [0.717, 1.165) is 12.1 Å². The number of aliphatic hydroxyl groups excluding tert-OH is 1. The van der Waals surface area contributed by atoms with Crippen LogP contribution in [0.3, 0.4) is 0 Å². The highest BCUT2D eigenvalue weighted by molar-refractivity contribution is 6.35. The number of hydrogen-bond donors (Lipinski definition) is 1. The molecule has 3 aromatic rings. The summed E-state index contributed by atoms with van der Waals surface area (Å²) in [6.45, 7) is 1.73. The fraction of sp³-hybridized carbons (Fsp3) is 0.158. The van der Waals surface area contributed by atoms with E-state index in [-0.39, 0.29) is 17.1 Å². The molecule has 0 bridgehead atoms. The molecule has 1 aromatic heterocycles. The number of fused-ring (bicyclic) bond motifs is 3. The van der Waals surface area contributed by atoms with Gasteiger partial charge in [0, 0.05) is 22.3 Å². The number of halogens is 4. The summed E-state index contributed by atoms with van der Waals surface area (Å²) in [6, 6.07) is 10.1. The van der Waals surface area contributed by atoms with Crippen LogP contribution in [0.25, 0.3) is 5.69 Å². The lowest BCUT2D eigenvalue weighted by Gasteiger charge is -2.15. The lowest BCUT2D eigenvalue weighted by Crippen LogP contribution is -2.12. The number of alkyl halides is 3. The zero-order chi connectivity index (χ0) is 19.3. The Hall–Kier alpha value is -2.64. The van der Waals surface area contributed by atoms with Crippen LogP contribution in [-0.2, 0) is 6.18 Å². The van der Waals surface area contributed by atoms with E-state index in [1.54, 1.807) is 42.0 Å². The fourth-order valence-corrected chi connectivity index (χ4v) is 3.35. The van der Waals surface area contributed by atoms with Crippen molar-refractivity contribution in [3.05, 3.63) is 81.9 Å². The molecule has 1 aliphatic rings. The first-order valence-corrected chi connectivity index (χ1v) is 8.42. The second-order valence-corrected chi connectivity index (χ2v) is 6.58. The molecule has 0 amide bonds. The third-order valence-corrected chi connectivity index (χ3v) is 4.63. The predicted molar refractivity (Wildman–Crippen MR) is 95.4 cm³/mol. The van der Waals surface area contributed by atoms with E-state index < -0.39 is 18.0 Å². The van der Waals surface area contributed by atoms with Crippen LogP contribution in [-0.4, -0.2) is 20.4 Å². The minimum absolute atomic E-state index is 0.178. The molecule has 2 aromatic carbocycles. The smallest absolute Gasteiger partial charge is 0.365 e. The van der Waals surface area contributed by atoms with Crippen LogP contribution in [0.2, 0.25) is 5.02 Å². The van der Waals surface area contributed by atoms with E-state index in [0.29, 0.717) is 22.0 Å². The maximum atomic E-state index is 13.3. The molecule has 2 heterocycles. The van der Waals surface area contributed by atoms with Crippen molar-refractivity contribution in [1.82, 2.24) is 9.55 Å². The zero-order valence-electron chi connectivity index (χ0n) is 14.0. The van der Waals surface area contributed by atoms with Crippen molar-refractivity contribution in [2.45, 2.75) is 19.3 Å². The standard InChI is InChI=1S/C19H13ClF3N3O/c1-10-9-26-15-7-6-11(19(21,22)23)8-13(15)16(25-18(27)17(26)24-10)12-4-2-3-5-14(12)20/h2-9,18,27H,1H3. The Kier molecular flexibility index (Phi) is 4.09. The van der Waals surface area contributed by atoms with E-state index in [1.807, 2.05) is 0 Å². The van der Waals surface area contributed by atoms with E-state index in [4.69, 9.17) is 11.6 Å². The molecule has 0 radical (unpaired) electrons. The highest BCUT2D eigenvalue weighted by Gasteiger charge is 2.33. The van der Waals surface area contributed by atoms with Gasteiger partial charge in [0.25, 0.3) is 0 Å². The molecule has 0 aliphatic carbocycles. The van der Waals surface area contributed by atoms with Crippen molar-refractivity contribution >= 4 is 17.3 Å². The summed E-state index contributed by atoms with van der Waals surface area (Å²) in [6.07, 6.45) is -4.21. The van der Waals surface area contributed by atoms with Crippen molar-refractivity contribution in [3.8, 4) is 5.69 Å². The summed E-state index contributed by atoms with van der Waals surface area (Å²) in [7, 11) is 0. The summed E-state index contributed by atoms with van der Waals surface area (Å²) in [5.41, 5.74) is 1.07. The number of aliphatic hydroxyl groups is 1. The average molecular weight is 392 g/mol. The van der Waals surface area contributed by atoms with Gasteiger partial charge in [0.05, 0.1) is 22.7 Å². The third kappa shape index (κ3) is 3.02. The Bertz CT molecular complexity index is 1070. The third-order valence-electron chi connectivity index (χ3n) is 4.30. The minimum atomic E-state index is -4.51. The Morgan fingerprint density at radius 2 is 1.85 bits per heavy atom. The SMILES string of the molecule is Cc1cn2c(n1)C(O)N=C(c1ccccc1Cl)c1cc(C(F)(F)F)ccc1-2. The first-order chi connectivity index (χ1) is 12.8. The topological polar surface area (TPSA) is 50.4 Å². The van der Waals surface area contributed by atoms with Crippen molar-refractivity contribution in [3.63, 3.8) is 0 Å². The molecule has 8 heteroatoms. The van der Waals surface area contributed by atoms with Crippen LogP contribution in [0.15, 0.2) is 53.7 Å². The maximum absolute atomic E-state index is 13.3. The molecule has 1 atom stereocenters. The van der Waals surface area contributed by atoms with Crippen molar-refractivity contribution < 1.29 is 18.3 Å². The van der Waals surface area contributed by atoms with Crippen LogP contribution >= 0.6 is 11.6 Å². The van der Waals surface area contributed by atoms with Gasteiger partial charge in [0.2, 0.25) is 6.23 Å². The van der Waals surface area contributed by atoms with E-state index in [9.17, 15) is 18.3 Å². The molecule has 4 rings (SSSR count). The number of aliphatic imine (C=N–C) groups is 1. The first kappa shape index (κ1) is 17.8. The van der Waals surface area contributed by atoms with Gasteiger partial charge in [0.15, 0.2) is 5.82 Å². The van der Waals surface area contributed by atoms with Gasteiger partial charge in [-0.15, -0.1) is 0 Å². The second-order valence-electron chi connectivity index (χ2n) is 6.17. The van der Waals surface area contributed by atoms with Crippen LogP contribution in [0, 0.1) is 6.92 Å². The van der Waals surface area contributed by atoms with Crippen molar-refractivity contribution in [2.24, 2.45) is 4.99 Å². The van der Waals surface area contributed by atoms with Crippen LogP contribution in [0.4, 0.5) is 13.2 Å². The van der Waals surface area contributed by atoms with Gasteiger partial charge in [0.1, 0.15) is 0 Å². The molecular formula is C19H13ClF3N3O. The summed E-state index contributed by atoms with van der Waals surface area (Å²) in [5, 5.41) is 10.9. The van der Waals surface area contributed by atoms with Crippen LogP contribution < -0.4 is 0 Å². The maximum Gasteiger partial charge on any atom is 0.416 e. The molecular weight excluding hydrogens is 379 g/mol. The number of hydrogen-bond acceptors (Lipinski definition) is 3. The number of aryl methyl sites for hydroxylation is 1. The summed E-state index contributed by atoms with van der Waals surface area (Å²) >= 11 is 6.26. The Labute approximate surface area is 157 Å². The molecule has 0 saturated heterocycles. The minimum Gasteiger partial charge on any atom is -0.365 e. The van der Waals surface area contributed by atoms with Gasteiger partial charge >= 0.3 is 6.18 Å². The Morgan fingerprint density at radius 3 is 2.56 bits per heavy atom. The van der Waals surface area contributed by atoms with Gasteiger partial charge in [-0.3, -0.25) is 4.57 Å². The molecule has 0 saturated carbocycles. The number of rotatable bonds is 1. The van der Waals surface area contributed by atoms with Gasteiger partial charge in [-0.05, 0) is 31.2 Å². The number of aromatic nitrogens is 2. The van der Waals surface area contributed by atoms with Crippen LogP contribution in [0.1, 0.15) is 34.4 Å². The molecule has 4 nitrogen and oxygen atoms in total. The molecule has 1 unspecified atom stereocenters. The monoisotopic (exact) mass is 391 g/mol. The van der Waals surface area contributed by atoms with Crippen LogP contribution in [0.5, 0.6) is 0 Å². The molecule has 1 aliphatic heterocycles. The lowest BCUT2D eigenvalue weighted by atomic mass is 9.98. The average Bonchev–Trinajstić information content (AvgIpc) is 2.96. The molecule has 138 valence electrons. The van der Waals surface area contributed by atoms with E-state index in [2.05, 4.69) is 9.98 Å². The largest absolute Gasteiger partial charge is 0.416 e. The van der Waals surface area contributed by atoms with Crippen molar-refractivity contribution in [1.29, 1.82) is 0 Å². The summed E-state index contributed by atoms with van der Waals surface area (Å²) in [4.78, 5) is 8.53. The predicted octanol–water partition coefficient (Wildman–Crippen LogP) is 4.69. The lowest BCUT2D eigenvalue weighted by molar-refractivity contribution is -0.137. The molecule has 27 heavy (non-hydrogen) atoms. The second kappa shape index (κ2) is 6.21.